The van der Waals surface area contributed by atoms with Gasteiger partial charge in [0.2, 0.25) is 0 Å². The summed E-state index contributed by atoms with van der Waals surface area (Å²) in [6.45, 7) is 4.03. The zero-order valence-corrected chi connectivity index (χ0v) is 13.3. The number of rotatable bonds is 8. The minimum Gasteiger partial charge on any atom is -0.396 e. The van der Waals surface area contributed by atoms with Crippen molar-refractivity contribution in [1.82, 2.24) is 10.7 Å². The van der Waals surface area contributed by atoms with Gasteiger partial charge in [-0.25, -0.2) is 0 Å². The van der Waals surface area contributed by atoms with Crippen LogP contribution in [0.2, 0.25) is 0 Å². The third-order valence-electron chi connectivity index (χ3n) is 2.32. The number of hydrogen-bond acceptors (Lipinski definition) is 6. The second kappa shape index (κ2) is 9.87. The van der Waals surface area contributed by atoms with Crippen LogP contribution in [0, 0.1) is 10.1 Å². The molecule has 0 radical (unpaired) electrons. The van der Waals surface area contributed by atoms with Gasteiger partial charge in [0.15, 0.2) is 5.11 Å². The molecule has 7 nitrogen and oxygen atoms in total. The van der Waals surface area contributed by atoms with Gasteiger partial charge in [0.25, 0.3) is 5.69 Å². The number of hydrazone groups is 1. The van der Waals surface area contributed by atoms with E-state index in [1.807, 2.05) is 0 Å². The Balaban J connectivity index is 2.75. The lowest BCUT2D eigenvalue weighted by molar-refractivity contribution is -0.387. The van der Waals surface area contributed by atoms with Gasteiger partial charge in [-0.1, -0.05) is 12.1 Å². The third kappa shape index (κ3) is 6.20. The predicted molar refractivity (Wildman–Crippen MR) is 92.4 cm³/mol. The molecule has 3 N–H and O–H groups in total. The van der Waals surface area contributed by atoms with E-state index < -0.39 is 4.92 Å². The summed E-state index contributed by atoms with van der Waals surface area (Å²) >= 11 is 6.18. The van der Waals surface area contributed by atoms with Gasteiger partial charge in [-0.2, -0.15) is 5.10 Å². The molecule has 0 aliphatic carbocycles. The smallest absolute Gasteiger partial charge is 0.283 e. The highest BCUT2D eigenvalue weighted by molar-refractivity contribution is 7.99. The summed E-state index contributed by atoms with van der Waals surface area (Å²) in [6, 6.07) is 4.76. The monoisotopic (exact) mass is 340 g/mol. The number of thiocarbonyl (C=S) groups is 1. The van der Waals surface area contributed by atoms with Crippen LogP contribution in [0.5, 0.6) is 0 Å². The fourth-order valence-corrected chi connectivity index (χ4v) is 2.30. The molecule has 0 fully saturated rings. The highest BCUT2D eigenvalue weighted by atomic mass is 32.2. The van der Waals surface area contributed by atoms with Crippen LogP contribution in [0.3, 0.4) is 0 Å². The van der Waals surface area contributed by atoms with Crippen LogP contribution in [0.1, 0.15) is 5.56 Å². The van der Waals surface area contributed by atoms with Gasteiger partial charge in [-0.3, -0.25) is 15.5 Å². The maximum absolute atomic E-state index is 11.1. The van der Waals surface area contributed by atoms with E-state index in [2.05, 4.69) is 22.4 Å². The highest BCUT2D eigenvalue weighted by Gasteiger charge is 2.14. The van der Waals surface area contributed by atoms with E-state index in [1.54, 1.807) is 18.2 Å². The van der Waals surface area contributed by atoms with Crippen molar-refractivity contribution in [3.05, 3.63) is 46.5 Å². The van der Waals surface area contributed by atoms with Crippen molar-refractivity contribution in [1.29, 1.82) is 0 Å². The Labute approximate surface area is 137 Å². The SMILES string of the molecule is C=CCNC(=S)N/N=C\c1ccc(SCCO)c([N+](=O)[O-])c1. The minimum atomic E-state index is -0.458. The number of nitro benzene ring substituents is 1. The summed E-state index contributed by atoms with van der Waals surface area (Å²) < 4.78 is 0. The van der Waals surface area contributed by atoms with Crippen LogP contribution in [0.15, 0.2) is 40.9 Å². The average molecular weight is 340 g/mol. The van der Waals surface area contributed by atoms with E-state index >= 15 is 0 Å². The quantitative estimate of drug-likeness (QED) is 0.165. The standard InChI is InChI=1S/C13H16N4O3S2/c1-2-5-14-13(21)16-15-9-10-3-4-12(22-7-6-18)11(8-10)17(19)20/h2-4,8-9,18H,1,5-7H2,(H2,14,16,21)/b15-9-. The van der Waals surface area contributed by atoms with Crippen LogP contribution < -0.4 is 10.7 Å². The number of thioether (sulfide) groups is 1. The Morgan fingerprint density at radius 1 is 1.59 bits per heavy atom. The van der Waals surface area contributed by atoms with E-state index in [-0.39, 0.29) is 12.3 Å². The van der Waals surface area contributed by atoms with Gasteiger partial charge in [0.05, 0.1) is 22.6 Å². The number of nitrogens with zero attached hydrogens (tertiary/aromatic N) is 2. The van der Waals surface area contributed by atoms with Crippen molar-refractivity contribution in [2.24, 2.45) is 5.10 Å². The molecule has 0 saturated heterocycles. The first-order valence-electron chi connectivity index (χ1n) is 6.28. The first-order valence-corrected chi connectivity index (χ1v) is 7.67. The summed E-state index contributed by atoms with van der Waals surface area (Å²) in [5, 5.41) is 26.9. The fourth-order valence-electron chi connectivity index (χ4n) is 1.40. The second-order valence-corrected chi connectivity index (χ2v) is 5.47. The molecule has 22 heavy (non-hydrogen) atoms. The number of nitro groups is 1. The fraction of sp³-hybridized carbons (Fsp3) is 0.231. The molecule has 1 aromatic carbocycles. The minimum absolute atomic E-state index is 0.0187. The van der Waals surface area contributed by atoms with Crippen LogP contribution in [-0.4, -0.2) is 40.3 Å². The van der Waals surface area contributed by atoms with E-state index in [1.165, 1.54) is 24.0 Å². The van der Waals surface area contributed by atoms with Gasteiger partial charge >= 0.3 is 0 Å². The molecular formula is C13H16N4O3S2. The normalized spacial score (nSPS) is 10.4. The third-order valence-corrected chi connectivity index (χ3v) is 3.59. The van der Waals surface area contributed by atoms with E-state index in [0.717, 1.165) is 0 Å². The van der Waals surface area contributed by atoms with Crippen molar-refractivity contribution < 1.29 is 10.0 Å². The van der Waals surface area contributed by atoms with Crippen molar-refractivity contribution in [2.45, 2.75) is 4.90 Å². The Kier molecular flexibility index (Phi) is 8.11. The lowest BCUT2D eigenvalue weighted by Gasteiger charge is -2.04. The number of benzene rings is 1. The molecule has 118 valence electrons. The summed E-state index contributed by atoms with van der Waals surface area (Å²) in [6.07, 6.45) is 3.10. The number of nitrogens with one attached hydrogen (secondary N) is 2. The summed E-state index contributed by atoms with van der Waals surface area (Å²) in [5.74, 6) is 0.402. The summed E-state index contributed by atoms with van der Waals surface area (Å²) in [5.41, 5.74) is 3.15. The van der Waals surface area contributed by atoms with Crippen molar-refractivity contribution in [2.75, 3.05) is 18.9 Å². The van der Waals surface area contributed by atoms with Gasteiger partial charge in [-0.05, 0) is 18.3 Å². The van der Waals surface area contributed by atoms with Crippen LogP contribution in [0.4, 0.5) is 5.69 Å². The Morgan fingerprint density at radius 2 is 2.36 bits per heavy atom. The number of aliphatic hydroxyl groups excluding tert-OH is 1. The van der Waals surface area contributed by atoms with Gasteiger partial charge in [0, 0.05) is 23.9 Å². The highest BCUT2D eigenvalue weighted by Crippen LogP contribution is 2.29. The molecule has 1 rings (SSSR count). The zero-order valence-electron chi connectivity index (χ0n) is 11.7. The average Bonchev–Trinajstić information content (AvgIpc) is 2.51. The van der Waals surface area contributed by atoms with Crippen LogP contribution >= 0.6 is 24.0 Å². The first-order chi connectivity index (χ1) is 10.6. The number of aliphatic hydroxyl groups is 1. The molecule has 0 amide bonds. The van der Waals surface area contributed by atoms with Crippen molar-refractivity contribution >= 4 is 41.0 Å². The molecule has 0 heterocycles. The molecule has 0 atom stereocenters. The molecule has 0 bridgehead atoms. The number of hydrogen-bond donors (Lipinski definition) is 3. The molecule has 0 saturated carbocycles. The molecule has 0 spiro atoms. The lowest BCUT2D eigenvalue weighted by atomic mass is 10.2. The predicted octanol–water partition coefficient (Wildman–Crippen LogP) is 1.66. The lowest BCUT2D eigenvalue weighted by Crippen LogP contribution is -2.31. The van der Waals surface area contributed by atoms with Gasteiger partial charge in [-0.15, -0.1) is 18.3 Å². The van der Waals surface area contributed by atoms with E-state index in [0.29, 0.717) is 27.9 Å². The summed E-state index contributed by atoms with van der Waals surface area (Å²) in [4.78, 5) is 11.1. The Hall–Kier alpha value is -1.97. The molecule has 9 heteroatoms. The zero-order chi connectivity index (χ0) is 16.4. The summed E-state index contributed by atoms with van der Waals surface area (Å²) in [7, 11) is 0. The topological polar surface area (TPSA) is 99.8 Å². The van der Waals surface area contributed by atoms with E-state index in [9.17, 15) is 10.1 Å². The molecule has 0 aromatic heterocycles. The first kappa shape index (κ1) is 18.1. The largest absolute Gasteiger partial charge is 0.396 e. The van der Waals surface area contributed by atoms with Crippen LogP contribution in [0.25, 0.3) is 0 Å². The molecular weight excluding hydrogens is 324 g/mol. The van der Waals surface area contributed by atoms with Crippen molar-refractivity contribution in [3.8, 4) is 0 Å². The maximum atomic E-state index is 11.1. The molecule has 1 aromatic rings. The Bertz CT molecular complexity index is 578. The van der Waals surface area contributed by atoms with Crippen molar-refractivity contribution in [3.63, 3.8) is 0 Å². The van der Waals surface area contributed by atoms with Gasteiger partial charge < -0.3 is 10.4 Å². The van der Waals surface area contributed by atoms with Gasteiger partial charge in [0.1, 0.15) is 0 Å². The van der Waals surface area contributed by atoms with E-state index in [4.69, 9.17) is 17.3 Å². The molecule has 0 unspecified atom stereocenters. The Morgan fingerprint density at radius 3 is 3.00 bits per heavy atom. The van der Waals surface area contributed by atoms with Crippen LogP contribution in [-0.2, 0) is 0 Å². The molecule has 0 aliphatic heterocycles. The second-order valence-electron chi connectivity index (χ2n) is 3.93. The molecule has 0 aliphatic rings. The maximum Gasteiger partial charge on any atom is 0.283 e.